The quantitative estimate of drug-likeness (QED) is 0.723. The highest BCUT2D eigenvalue weighted by molar-refractivity contribution is 7.92. The molecule has 0 saturated carbocycles. The van der Waals surface area contributed by atoms with Crippen LogP contribution in [0.4, 0.5) is 0 Å². The van der Waals surface area contributed by atoms with Crippen molar-refractivity contribution in [1.29, 1.82) is 0 Å². The van der Waals surface area contributed by atoms with Gasteiger partial charge in [0.2, 0.25) is 5.91 Å². The smallest absolute Gasteiger partial charge is 0.242 e. The zero-order valence-electron chi connectivity index (χ0n) is 12.0. The van der Waals surface area contributed by atoms with E-state index in [-0.39, 0.29) is 48.8 Å². The number of sulfone groups is 1. The van der Waals surface area contributed by atoms with E-state index < -0.39 is 15.1 Å². The molecule has 2 fully saturated rings. The fourth-order valence-electron chi connectivity index (χ4n) is 2.67. The molecule has 2 heterocycles. The lowest BCUT2D eigenvalue weighted by atomic mass is 10.1. The Hall–Kier alpha value is -0.370. The molecule has 0 spiro atoms. The van der Waals surface area contributed by atoms with Gasteiger partial charge in [0, 0.05) is 19.1 Å². The van der Waals surface area contributed by atoms with E-state index >= 15 is 0 Å². The fourth-order valence-corrected chi connectivity index (χ4v) is 4.24. The van der Waals surface area contributed by atoms with Gasteiger partial charge in [-0.25, -0.2) is 8.42 Å². The van der Waals surface area contributed by atoms with Crippen molar-refractivity contribution in [3.8, 4) is 0 Å². The summed E-state index contributed by atoms with van der Waals surface area (Å²) in [6, 6.07) is -0.661. The average molecular weight is 327 g/mol. The Morgan fingerprint density at radius 3 is 2.55 bits per heavy atom. The summed E-state index contributed by atoms with van der Waals surface area (Å²) in [7, 11) is -3.07. The minimum absolute atomic E-state index is 0. The first-order valence-corrected chi connectivity index (χ1v) is 8.43. The molecule has 0 aromatic heterocycles. The van der Waals surface area contributed by atoms with Crippen LogP contribution in [0.15, 0.2) is 0 Å². The van der Waals surface area contributed by atoms with Gasteiger partial charge >= 0.3 is 0 Å². The number of amides is 1. The van der Waals surface area contributed by atoms with E-state index in [1.54, 1.807) is 18.7 Å². The van der Waals surface area contributed by atoms with Crippen molar-refractivity contribution in [2.24, 2.45) is 0 Å². The summed E-state index contributed by atoms with van der Waals surface area (Å²) in [4.78, 5) is 14.2. The first-order chi connectivity index (χ1) is 8.84. The molecule has 2 unspecified atom stereocenters. The number of nitrogens with one attached hydrogen (secondary N) is 1. The van der Waals surface area contributed by atoms with Crippen LogP contribution in [0.5, 0.6) is 0 Å². The van der Waals surface area contributed by atoms with Crippen molar-refractivity contribution >= 4 is 28.2 Å². The van der Waals surface area contributed by atoms with Gasteiger partial charge in [0.15, 0.2) is 9.84 Å². The van der Waals surface area contributed by atoms with Gasteiger partial charge in [-0.05, 0) is 20.8 Å². The number of carbonyl (C=O) groups excluding carboxylic acids is 1. The highest BCUT2D eigenvalue weighted by atomic mass is 35.5. The molecule has 1 N–H and O–H groups in total. The third-order valence-electron chi connectivity index (χ3n) is 4.22. The second-order valence-corrected chi connectivity index (χ2v) is 7.83. The lowest BCUT2D eigenvalue weighted by Gasteiger charge is -2.41. The molecule has 2 saturated heterocycles. The first kappa shape index (κ1) is 17.7. The van der Waals surface area contributed by atoms with Crippen LogP contribution >= 0.6 is 12.4 Å². The molecular weight excluding hydrogens is 304 g/mol. The van der Waals surface area contributed by atoms with Crippen molar-refractivity contribution in [1.82, 2.24) is 10.2 Å². The molecule has 2 aliphatic rings. The number of hydrogen-bond acceptors (Lipinski definition) is 5. The Bertz CT molecular complexity index is 456. The Morgan fingerprint density at radius 1 is 1.30 bits per heavy atom. The van der Waals surface area contributed by atoms with Crippen molar-refractivity contribution < 1.29 is 17.9 Å². The lowest BCUT2D eigenvalue weighted by molar-refractivity contribution is -0.141. The van der Waals surface area contributed by atoms with Crippen molar-refractivity contribution in [3.63, 3.8) is 0 Å². The first-order valence-electron chi connectivity index (χ1n) is 6.71. The number of morpholine rings is 1. The molecule has 8 heteroatoms. The summed E-state index contributed by atoms with van der Waals surface area (Å²) in [5.74, 6) is -0.00639. The van der Waals surface area contributed by atoms with E-state index in [4.69, 9.17) is 4.74 Å². The summed E-state index contributed by atoms with van der Waals surface area (Å²) in [6.45, 7) is 6.87. The van der Waals surface area contributed by atoms with Crippen LogP contribution in [0.25, 0.3) is 0 Å². The third-order valence-corrected chi connectivity index (χ3v) is 6.50. The molecule has 6 nitrogen and oxygen atoms in total. The molecular formula is C12H23ClN2O4S. The highest BCUT2D eigenvalue weighted by Crippen LogP contribution is 2.21. The molecule has 0 aromatic carbocycles. The van der Waals surface area contributed by atoms with Crippen LogP contribution in [0, 0.1) is 0 Å². The highest BCUT2D eigenvalue weighted by Gasteiger charge is 2.41. The monoisotopic (exact) mass is 326 g/mol. The predicted octanol–water partition coefficient (Wildman–Crippen LogP) is -0.181. The summed E-state index contributed by atoms with van der Waals surface area (Å²) >= 11 is 0. The summed E-state index contributed by atoms with van der Waals surface area (Å²) < 4.78 is 29.1. The maximum absolute atomic E-state index is 12.5. The molecule has 0 bridgehead atoms. The molecule has 2 rings (SSSR count). The normalized spacial score (nSPS) is 37.0. The van der Waals surface area contributed by atoms with Crippen LogP contribution in [0.1, 0.15) is 20.8 Å². The lowest BCUT2D eigenvalue weighted by Crippen LogP contribution is -2.62. The molecule has 4 atom stereocenters. The third kappa shape index (κ3) is 3.27. The van der Waals surface area contributed by atoms with Gasteiger partial charge in [-0.2, -0.15) is 0 Å². The van der Waals surface area contributed by atoms with Crippen molar-refractivity contribution in [2.45, 2.75) is 44.2 Å². The number of halogens is 1. The van der Waals surface area contributed by atoms with E-state index in [1.807, 2.05) is 6.92 Å². The Balaban J connectivity index is 0.00000200. The van der Waals surface area contributed by atoms with Gasteiger partial charge in [-0.1, -0.05) is 0 Å². The SMILES string of the molecule is CC1C(C)S(=O)(=O)CCN1C(=O)[C@H]1NCCO[C@@H]1C.Cl. The van der Waals surface area contributed by atoms with Crippen molar-refractivity contribution in [3.05, 3.63) is 0 Å². The minimum atomic E-state index is -3.07. The van der Waals surface area contributed by atoms with Crippen LogP contribution in [-0.2, 0) is 19.4 Å². The molecule has 2 aliphatic heterocycles. The van der Waals surface area contributed by atoms with Gasteiger partial charge in [-0.15, -0.1) is 12.4 Å². The molecule has 0 aromatic rings. The van der Waals surface area contributed by atoms with E-state index in [9.17, 15) is 13.2 Å². The van der Waals surface area contributed by atoms with E-state index in [1.165, 1.54) is 0 Å². The molecule has 20 heavy (non-hydrogen) atoms. The fraction of sp³-hybridized carbons (Fsp3) is 0.917. The van der Waals surface area contributed by atoms with Crippen molar-refractivity contribution in [2.75, 3.05) is 25.4 Å². The predicted molar refractivity (Wildman–Crippen MR) is 78.9 cm³/mol. The van der Waals surface area contributed by atoms with Crippen LogP contribution in [0.3, 0.4) is 0 Å². The number of nitrogens with zero attached hydrogens (tertiary/aromatic N) is 1. The maximum Gasteiger partial charge on any atom is 0.242 e. The Labute approximate surface area is 126 Å². The number of carbonyl (C=O) groups is 1. The standard InChI is InChI=1S/C12H22N2O4S.ClH/c1-8-10(3)19(16,17)7-5-14(8)12(15)11-9(2)18-6-4-13-11;/h8-11,13H,4-7H2,1-3H3;1H/t8?,9-,10?,11+;/m1./s1. The maximum atomic E-state index is 12.5. The van der Waals surface area contributed by atoms with Crippen LogP contribution in [0.2, 0.25) is 0 Å². The number of hydrogen-bond donors (Lipinski definition) is 1. The van der Waals surface area contributed by atoms with Crippen LogP contribution < -0.4 is 5.32 Å². The van der Waals surface area contributed by atoms with Crippen LogP contribution in [-0.4, -0.2) is 68.1 Å². The molecule has 118 valence electrons. The molecule has 0 radical (unpaired) electrons. The van der Waals surface area contributed by atoms with Gasteiger partial charge in [-0.3, -0.25) is 4.79 Å². The second-order valence-electron chi connectivity index (χ2n) is 5.35. The largest absolute Gasteiger partial charge is 0.375 e. The summed E-state index contributed by atoms with van der Waals surface area (Å²) in [5, 5.41) is 2.65. The van der Waals surface area contributed by atoms with E-state index in [0.29, 0.717) is 13.2 Å². The van der Waals surface area contributed by atoms with Gasteiger partial charge in [0.25, 0.3) is 0 Å². The number of rotatable bonds is 1. The van der Waals surface area contributed by atoms with Gasteiger partial charge in [0.05, 0.1) is 23.7 Å². The van der Waals surface area contributed by atoms with E-state index in [2.05, 4.69) is 5.32 Å². The zero-order valence-corrected chi connectivity index (χ0v) is 13.7. The second kappa shape index (κ2) is 6.60. The van der Waals surface area contributed by atoms with Gasteiger partial charge < -0.3 is 15.0 Å². The molecule has 0 aliphatic carbocycles. The minimum Gasteiger partial charge on any atom is -0.375 e. The zero-order chi connectivity index (χ0) is 14.2. The molecule has 1 amide bonds. The summed E-state index contributed by atoms with van der Waals surface area (Å²) in [6.07, 6.45) is -0.178. The summed E-state index contributed by atoms with van der Waals surface area (Å²) in [5.41, 5.74) is 0. The van der Waals surface area contributed by atoms with E-state index in [0.717, 1.165) is 0 Å². The Morgan fingerprint density at radius 2 is 1.95 bits per heavy atom. The number of ether oxygens (including phenoxy) is 1. The average Bonchev–Trinajstić information content (AvgIpc) is 2.36. The Kier molecular flexibility index (Phi) is 5.83. The topological polar surface area (TPSA) is 75.7 Å². The van der Waals surface area contributed by atoms with Gasteiger partial charge in [0.1, 0.15) is 6.04 Å².